The topological polar surface area (TPSA) is 132 Å². The van der Waals surface area contributed by atoms with Gasteiger partial charge >= 0.3 is 0 Å². The smallest absolute Gasteiger partial charge is 0.258 e. The number of nitrogens with zero attached hydrogens (tertiary/aromatic N) is 2. The summed E-state index contributed by atoms with van der Waals surface area (Å²) in [6.07, 6.45) is -0.642. The second-order valence-electron chi connectivity index (χ2n) is 11.0. The Morgan fingerprint density at radius 1 is 1.30 bits per heavy atom. The fourth-order valence-electron chi connectivity index (χ4n) is 4.45. The van der Waals surface area contributed by atoms with Crippen LogP contribution < -0.4 is 10.6 Å². The second-order valence-corrected chi connectivity index (χ2v) is 11.8. The quantitative estimate of drug-likeness (QED) is 0.433. The molecule has 1 aliphatic carbocycles. The lowest BCUT2D eigenvalue weighted by Crippen LogP contribution is -2.59. The van der Waals surface area contributed by atoms with Gasteiger partial charge in [0.15, 0.2) is 5.67 Å². The van der Waals surface area contributed by atoms with Gasteiger partial charge in [-0.25, -0.2) is 9.37 Å². The molecule has 1 aromatic carbocycles. The van der Waals surface area contributed by atoms with Gasteiger partial charge in [0, 0.05) is 25.1 Å². The minimum absolute atomic E-state index is 0.0146. The number of benzene rings is 1. The molecule has 2 heterocycles. The van der Waals surface area contributed by atoms with Gasteiger partial charge in [0.1, 0.15) is 17.8 Å². The molecule has 2 aromatic rings. The van der Waals surface area contributed by atoms with Crippen LogP contribution in [0.25, 0.3) is 10.4 Å². The summed E-state index contributed by atoms with van der Waals surface area (Å²) in [5.74, 6) is -1.85. The summed E-state index contributed by atoms with van der Waals surface area (Å²) in [6, 6.07) is 3.13. The number of aromatic nitrogens is 1. The molecule has 3 amide bonds. The van der Waals surface area contributed by atoms with Gasteiger partial charge in [0.25, 0.3) is 5.91 Å². The van der Waals surface area contributed by atoms with E-state index in [1.807, 2.05) is 13.0 Å². The number of phenols is 1. The predicted octanol–water partition coefficient (Wildman–Crippen LogP) is 2.44. The van der Waals surface area contributed by atoms with E-state index < -0.39 is 47.0 Å². The monoisotopic (exact) mass is 532 g/mol. The average Bonchev–Trinajstić information content (AvgIpc) is 3.23. The lowest BCUT2D eigenvalue weighted by Gasteiger charge is -2.35. The number of likely N-dealkylation sites (tertiary alicyclic amines) is 1. The van der Waals surface area contributed by atoms with Crippen molar-refractivity contribution in [3.8, 4) is 16.2 Å². The Kier molecular flexibility index (Phi) is 7.31. The third-order valence-electron chi connectivity index (χ3n) is 6.90. The summed E-state index contributed by atoms with van der Waals surface area (Å²) < 4.78 is 14.3. The van der Waals surface area contributed by atoms with Crippen LogP contribution in [0.1, 0.15) is 51.3 Å². The van der Waals surface area contributed by atoms with E-state index in [2.05, 4.69) is 15.6 Å². The van der Waals surface area contributed by atoms with Gasteiger partial charge in [-0.05, 0) is 36.8 Å². The van der Waals surface area contributed by atoms with Gasteiger partial charge in [-0.2, -0.15) is 0 Å². The first-order valence-corrected chi connectivity index (χ1v) is 13.2. The summed E-state index contributed by atoms with van der Waals surface area (Å²) in [5.41, 5.74) is 1.21. The van der Waals surface area contributed by atoms with Crippen LogP contribution in [0.4, 0.5) is 4.39 Å². The molecular formula is C26H33FN4O5S. The van der Waals surface area contributed by atoms with Crippen LogP contribution in [-0.4, -0.2) is 68.2 Å². The maximum absolute atomic E-state index is 14.3. The maximum atomic E-state index is 14.3. The van der Waals surface area contributed by atoms with E-state index in [1.54, 1.807) is 38.4 Å². The van der Waals surface area contributed by atoms with Crippen LogP contribution in [0.2, 0.25) is 0 Å². The molecule has 200 valence electrons. The predicted molar refractivity (Wildman–Crippen MR) is 136 cm³/mol. The number of phenolic OH excluding ortho intramolecular Hbond substituents is 1. The lowest BCUT2D eigenvalue weighted by molar-refractivity contribution is -0.145. The first-order chi connectivity index (χ1) is 17.3. The van der Waals surface area contributed by atoms with Crippen molar-refractivity contribution in [2.45, 2.75) is 77.4 Å². The Balaban J connectivity index is 1.45. The molecule has 37 heavy (non-hydrogen) atoms. The van der Waals surface area contributed by atoms with Crippen LogP contribution >= 0.6 is 11.3 Å². The van der Waals surface area contributed by atoms with Crippen molar-refractivity contribution in [2.24, 2.45) is 5.41 Å². The van der Waals surface area contributed by atoms with Crippen LogP contribution in [0.15, 0.2) is 23.7 Å². The normalized spacial score (nSPS) is 21.4. The van der Waals surface area contributed by atoms with E-state index in [4.69, 9.17) is 0 Å². The van der Waals surface area contributed by atoms with Gasteiger partial charge in [0.2, 0.25) is 11.8 Å². The standard InChI is InChI=1S/C26H33FN4O5S/c1-14-20(37-13-29-14)15-5-6-16(19(33)9-15)11-28-22(34)18-10-17(32)12-31(18)23(35)21(25(2,3)4)30-24(36)26(27)7-8-26/h5-6,9,13,17-18,21,32-33H,7-8,10-12H2,1-4H3,(H,28,34)(H,30,36)/t17-,18-,21-/m1/s1. The number of β-amino-alcohol motifs (C(OH)–C–C–N with tert-alkyl or cyclic N) is 1. The molecule has 3 atom stereocenters. The Bertz CT molecular complexity index is 1210. The minimum Gasteiger partial charge on any atom is -0.508 e. The first kappa shape index (κ1) is 27.0. The second kappa shape index (κ2) is 10.0. The van der Waals surface area contributed by atoms with E-state index >= 15 is 0 Å². The molecule has 0 spiro atoms. The molecule has 1 saturated heterocycles. The third kappa shape index (κ3) is 5.77. The zero-order valence-electron chi connectivity index (χ0n) is 21.4. The number of aliphatic hydroxyl groups excluding tert-OH is 1. The van der Waals surface area contributed by atoms with Gasteiger partial charge < -0.3 is 25.7 Å². The van der Waals surface area contributed by atoms with Crippen LogP contribution in [0, 0.1) is 12.3 Å². The van der Waals surface area contributed by atoms with Crippen LogP contribution in [0.5, 0.6) is 5.75 Å². The van der Waals surface area contributed by atoms with E-state index in [-0.39, 0.29) is 38.1 Å². The summed E-state index contributed by atoms with van der Waals surface area (Å²) in [6.45, 7) is 7.07. The zero-order valence-corrected chi connectivity index (χ0v) is 22.2. The number of aromatic hydroxyl groups is 1. The highest BCUT2D eigenvalue weighted by molar-refractivity contribution is 7.13. The number of amides is 3. The molecule has 4 rings (SSSR count). The van der Waals surface area contributed by atoms with Crippen molar-refractivity contribution in [1.29, 1.82) is 0 Å². The number of alkyl halides is 1. The summed E-state index contributed by atoms with van der Waals surface area (Å²) >= 11 is 1.47. The molecule has 11 heteroatoms. The van der Waals surface area contributed by atoms with Gasteiger partial charge in [-0.1, -0.05) is 32.9 Å². The van der Waals surface area contributed by atoms with Crippen LogP contribution in [-0.2, 0) is 20.9 Å². The zero-order chi connectivity index (χ0) is 27.1. The highest BCUT2D eigenvalue weighted by Crippen LogP contribution is 2.40. The van der Waals surface area contributed by atoms with Crippen molar-refractivity contribution < 1.29 is 29.0 Å². The molecule has 0 unspecified atom stereocenters. The number of halogens is 1. The summed E-state index contributed by atoms with van der Waals surface area (Å²) in [7, 11) is 0. The number of carbonyl (C=O) groups excluding carboxylic acids is 3. The lowest BCUT2D eigenvalue weighted by atomic mass is 9.85. The van der Waals surface area contributed by atoms with E-state index in [0.29, 0.717) is 5.56 Å². The highest BCUT2D eigenvalue weighted by atomic mass is 32.1. The maximum Gasteiger partial charge on any atom is 0.258 e. The van der Waals surface area contributed by atoms with Crippen molar-refractivity contribution in [1.82, 2.24) is 20.5 Å². The van der Waals surface area contributed by atoms with Crippen LogP contribution in [0.3, 0.4) is 0 Å². The summed E-state index contributed by atoms with van der Waals surface area (Å²) in [4.78, 5) is 45.4. The molecule has 0 radical (unpaired) electrons. The van der Waals surface area contributed by atoms with Gasteiger partial charge in [0.05, 0.1) is 22.2 Å². The molecule has 2 fully saturated rings. The Morgan fingerprint density at radius 3 is 2.57 bits per heavy atom. The fraction of sp³-hybridized carbons (Fsp3) is 0.538. The molecule has 4 N–H and O–H groups in total. The largest absolute Gasteiger partial charge is 0.508 e. The van der Waals surface area contributed by atoms with E-state index in [9.17, 15) is 29.0 Å². The molecule has 1 aromatic heterocycles. The number of aliphatic hydroxyl groups is 1. The molecule has 1 saturated carbocycles. The fourth-order valence-corrected chi connectivity index (χ4v) is 5.25. The molecule has 2 aliphatic rings. The first-order valence-electron chi connectivity index (χ1n) is 12.3. The number of hydrogen-bond donors (Lipinski definition) is 4. The van der Waals surface area contributed by atoms with Gasteiger partial charge in [-0.3, -0.25) is 14.4 Å². The Hall–Kier alpha value is -3.05. The number of thiazole rings is 1. The SMILES string of the molecule is Cc1ncsc1-c1ccc(CNC(=O)[C@H]2C[C@@H](O)CN2C(=O)[C@@H](NC(=O)C2(F)CC2)C(C)(C)C)c(O)c1. The van der Waals surface area contributed by atoms with Crippen molar-refractivity contribution in [2.75, 3.05) is 6.54 Å². The van der Waals surface area contributed by atoms with E-state index in [0.717, 1.165) is 16.1 Å². The minimum atomic E-state index is -1.94. The highest BCUT2D eigenvalue weighted by Gasteiger charge is 2.53. The molecule has 0 bridgehead atoms. The number of nitrogens with one attached hydrogen (secondary N) is 2. The van der Waals surface area contributed by atoms with E-state index in [1.165, 1.54) is 16.2 Å². The number of rotatable bonds is 7. The molecule has 9 nitrogen and oxygen atoms in total. The number of aryl methyl sites for hydroxylation is 1. The number of carbonyl (C=O) groups is 3. The van der Waals surface area contributed by atoms with Gasteiger partial charge in [-0.15, -0.1) is 11.3 Å². The average molecular weight is 533 g/mol. The Morgan fingerprint density at radius 2 is 2.00 bits per heavy atom. The van der Waals surface area contributed by atoms with Crippen molar-refractivity contribution in [3.05, 3.63) is 35.0 Å². The molecule has 1 aliphatic heterocycles. The molecular weight excluding hydrogens is 499 g/mol. The van der Waals surface area contributed by atoms with Crippen molar-refractivity contribution in [3.63, 3.8) is 0 Å². The van der Waals surface area contributed by atoms with Crippen molar-refractivity contribution >= 4 is 29.1 Å². The third-order valence-corrected chi connectivity index (χ3v) is 7.87. The number of hydrogen-bond acceptors (Lipinski definition) is 7. The Labute approximate surface area is 219 Å². The summed E-state index contributed by atoms with van der Waals surface area (Å²) in [5, 5.41) is 26.1.